The Morgan fingerprint density at radius 3 is 0.719 bits per heavy atom. The zero-order valence-electron chi connectivity index (χ0n) is 67.3. The normalized spacial score (nSPS) is 19.3. The van der Waals surface area contributed by atoms with E-state index in [0.717, 1.165) is 62.9 Å². The Bertz CT molecular complexity index is 6730. The predicted octanol–water partition coefficient (Wildman–Crippen LogP) is 23.9. The van der Waals surface area contributed by atoms with Crippen LogP contribution < -0.4 is 49.1 Å². The van der Waals surface area contributed by atoms with Crippen molar-refractivity contribution in [3.8, 4) is 107 Å². The van der Waals surface area contributed by atoms with Crippen LogP contribution in [0.2, 0.25) is 0 Å². The lowest BCUT2D eigenvalue weighted by atomic mass is 9.75. The molecule has 0 amide bonds. The smallest absolute Gasteiger partial charge is 0.282 e. The van der Waals surface area contributed by atoms with E-state index in [1.54, 1.807) is 54.6 Å². The van der Waals surface area contributed by atoms with Crippen molar-refractivity contribution in [2.24, 2.45) is 0 Å². The highest BCUT2D eigenvalue weighted by atomic mass is 31.2. The summed E-state index contributed by atoms with van der Waals surface area (Å²) in [6.07, 6.45) is -0.0100. The second-order valence-electron chi connectivity index (χ2n) is 33.1. The second kappa shape index (κ2) is 30.5. The number of phenols is 4. The number of hydrogen-bond donors (Lipinski definition) is 4. The molecule has 5 unspecified atom stereocenters. The minimum absolute atomic E-state index is 0.00941. The zero-order chi connectivity index (χ0) is 83.5. The summed E-state index contributed by atoms with van der Waals surface area (Å²) in [5.41, 5.74) is 9.83. The van der Waals surface area contributed by atoms with Crippen molar-refractivity contribution >= 4 is 63.4 Å². The van der Waals surface area contributed by atoms with E-state index in [4.69, 9.17) is 27.4 Å². The maximum atomic E-state index is 16.5. The fourth-order valence-electron chi connectivity index (χ4n) is 18.0. The Kier molecular flexibility index (Phi) is 20.0. The van der Waals surface area contributed by atoms with Crippen LogP contribution in [0.4, 0.5) is 0 Å². The van der Waals surface area contributed by atoms with Crippen LogP contribution in [0.15, 0.2) is 291 Å². The van der Waals surface area contributed by atoms with E-state index in [1.165, 1.54) is 0 Å². The largest absolute Gasteiger partial charge is 0.507 e. The molecule has 20 heteroatoms. The first kappa shape index (κ1) is 79.2. The predicted molar refractivity (Wildman–Crippen MR) is 481 cm³/mol. The Morgan fingerprint density at radius 1 is 0.273 bits per heavy atom. The van der Waals surface area contributed by atoms with Gasteiger partial charge in [0, 0.05) is 85.1 Å². The molecule has 121 heavy (non-hydrogen) atoms. The molecule has 0 spiro atoms. The van der Waals surface area contributed by atoms with Crippen molar-refractivity contribution in [3.05, 3.63) is 358 Å². The SMILES string of the molecule is CCCCOCc1cc(C(C)(C)c2cc(Cc3cc(C(C)(C)c4cc(CP5(=O)Oc6ccccc6-c6ccccc65)c(O)c(CP5(=O)Oc6ccccc6-c6ccccc65)c4)cc(CP4(=O)Oc5ccccc5-c5ccccc54)c3O)c(O)c(CP3(=O)Oc4ccccc4-c4ccccc43)c2)cc(CP2(=O)Oc3ccccc3-c3ccccc32)c1O. The Morgan fingerprint density at radius 2 is 0.471 bits per heavy atom. The van der Waals surface area contributed by atoms with Gasteiger partial charge in [-0.05, 0) is 134 Å². The maximum Gasteiger partial charge on any atom is 0.282 e. The van der Waals surface area contributed by atoms with Gasteiger partial charge in [0.25, 0.3) is 36.8 Å². The molecule has 0 aromatic heterocycles. The van der Waals surface area contributed by atoms with Gasteiger partial charge in [-0.1, -0.05) is 265 Å². The van der Waals surface area contributed by atoms with Gasteiger partial charge >= 0.3 is 0 Å². The van der Waals surface area contributed by atoms with E-state index in [9.17, 15) is 20.4 Å². The number of phenolic OH excluding ortho intramolecular Hbond substituents is 4. The summed E-state index contributed by atoms with van der Waals surface area (Å²) in [5, 5.41) is 55.5. The third-order valence-corrected chi connectivity index (χ3v) is 36.5. The average Bonchev–Trinajstić information content (AvgIpc) is 0.752. The van der Waals surface area contributed by atoms with Gasteiger partial charge in [-0.3, -0.25) is 22.8 Å². The molecule has 0 saturated carbocycles. The van der Waals surface area contributed by atoms with Gasteiger partial charge in [-0.15, -0.1) is 0 Å². The highest BCUT2D eigenvalue weighted by Crippen LogP contribution is 2.65. The summed E-state index contributed by atoms with van der Waals surface area (Å²) in [6.45, 7) is 10.5. The number of fused-ring (bicyclic) bond motifs is 15. The van der Waals surface area contributed by atoms with Crippen molar-refractivity contribution in [2.45, 2.75) is 102 Å². The van der Waals surface area contributed by atoms with Gasteiger partial charge in [-0.25, -0.2) is 0 Å². The third kappa shape index (κ3) is 14.0. The van der Waals surface area contributed by atoms with Crippen molar-refractivity contribution < 1.29 is 70.6 Å². The quantitative estimate of drug-likeness (QED) is 0.0388. The lowest BCUT2D eigenvalue weighted by Crippen LogP contribution is -2.23. The summed E-state index contributed by atoms with van der Waals surface area (Å²) in [6, 6.07) is 89.0. The molecule has 0 bridgehead atoms. The van der Waals surface area contributed by atoms with Crippen molar-refractivity contribution in [1.29, 1.82) is 0 Å². The molecule has 0 radical (unpaired) electrons. The molecule has 0 fully saturated rings. The number of hydrogen-bond acceptors (Lipinski definition) is 15. The van der Waals surface area contributed by atoms with E-state index in [0.29, 0.717) is 106 Å². The zero-order valence-corrected chi connectivity index (χ0v) is 71.8. The Labute approximate surface area is 703 Å². The van der Waals surface area contributed by atoms with Gasteiger partial charge in [0.15, 0.2) is 0 Å². The first-order chi connectivity index (χ1) is 58.3. The third-order valence-electron chi connectivity index (χ3n) is 24.6. The molecule has 19 rings (SSSR count). The van der Waals surface area contributed by atoms with Crippen LogP contribution in [0, 0.1) is 0 Å². The van der Waals surface area contributed by atoms with Crippen LogP contribution in [0.5, 0.6) is 51.7 Å². The molecular formula is C101H87O15P5. The number of rotatable bonds is 21. The molecule has 5 heterocycles. The maximum absolute atomic E-state index is 16.5. The molecule has 0 aliphatic carbocycles. The van der Waals surface area contributed by atoms with Crippen LogP contribution >= 0.6 is 36.8 Å². The number of para-hydroxylation sites is 5. The number of ether oxygens (including phenoxy) is 1. The van der Waals surface area contributed by atoms with Gasteiger partial charge in [0.1, 0.15) is 51.7 Å². The molecule has 14 aromatic carbocycles. The van der Waals surface area contributed by atoms with Crippen LogP contribution in [0.3, 0.4) is 0 Å². The molecule has 5 aliphatic rings. The van der Waals surface area contributed by atoms with E-state index in [2.05, 4.69) is 6.92 Å². The minimum atomic E-state index is -4.07. The summed E-state index contributed by atoms with van der Waals surface area (Å²) < 4.78 is 121. The second-order valence-corrected chi connectivity index (χ2v) is 44.7. The first-order valence-electron chi connectivity index (χ1n) is 40.7. The van der Waals surface area contributed by atoms with Crippen LogP contribution in [-0.4, -0.2) is 27.0 Å². The lowest BCUT2D eigenvalue weighted by molar-refractivity contribution is 0.116. The van der Waals surface area contributed by atoms with Gasteiger partial charge in [0.2, 0.25) is 0 Å². The lowest BCUT2D eigenvalue weighted by Gasteiger charge is -2.33. The average molecular weight is 1700 g/mol. The highest BCUT2D eigenvalue weighted by molar-refractivity contribution is 7.68. The topological polar surface area (TPSA) is 222 Å². The molecule has 15 nitrogen and oxygen atoms in total. The van der Waals surface area contributed by atoms with E-state index in [-0.39, 0.29) is 94.7 Å². The fourth-order valence-corrected chi connectivity index (χ4v) is 29.9. The molecule has 14 aromatic rings. The molecule has 5 aliphatic heterocycles. The summed E-state index contributed by atoms with van der Waals surface area (Å²) in [4.78, 5) is 0. The molecule has 0 saturated heterocycles. The molecular weight excluding hydrogens is 1610 g/mol. The molecule has 5 atom stereocenters. The standard InChI is InChI=1S/C101H87O15P5/c1-6-7-48-111-58-66-52-74(55-69(98(66)104)61-119(108)93-45-25-15-35-83(93)78-30-10-20-40-88(78)114-119)100(2,3)72-50-64(96(102)67(53-72)59-117(106)91-43-23-13-33-81(91)76-28-8-18-38-86(76)112-117)49-65-51-73(54-68(97(65)103)60-118(107)92-44-24-14-34-82(92)77-29-9-19-39-87(77)113-118)101(4,5)75-56-70(62-120(109)94-46-26-16-36-84(94)79-31-11-21-41-89(79)115-120)99(105)71(57-75)63-121(110)95-47-27-17-37-85(95)80-32-12-22-42-90(80)116-121/h8-47,50-57,102-105H,6-7,48-49,58-63H2,1-5H3. The van der Waals surface area contributed by atoms with Crippen LogP contribution in [-0.2, 0) is 82.2 Å². The van der Waals surface area contributed by atoms with Crippen molar-refractivity contribution in [2.75, 3.05) is 6.61 Å². The Hall–Kier alpha value is -11.6. The van der Waals surface area contributed by atoms with E-state index >= 15 is 22.8 Å². The summed E-state index contributed by atoms with van der Waals surface area (Å²) in [7, 11) is -20.0. The van der Waals surface area contributed by atoms with Gasteiger partial charge in [0.05, 0.1) is 63.9 Å². The Balaban J connectivity index is 0.795. The number of aromatic hydroxyl groups is 4. The highest BCUT2D eigenvalue weighted by Gasteiger charge is 2.45. The van der Waals surface area contributed by atoms with Crippen LogP contribution in [0.25, 0.3) is 55.6 Å². The van der Waals surface area contributed by atoms with Crippen molar-refractivity contribution in [3.63, 3.8) is 0 Å². The van der Waals surface area contributed by atoms with Gasteiger partial charge in [-0.2, -0.15) is 0 Å². The van der Waals surface area contributed by atoms with Crippen molar-refractivity contribution in [1.82, 2.24) is 0 Å². The molecule has 4 N–H and O–H groups in total. The summed E-state index contributed by atoms with van der Waals surface area (Å²) >= 11 is 0. The van der Waals surface area contributed by atoms with E-state index < -0.39 is 47.7 Å². The molecule has 606 valence electrons. The van der Waals surface area contributed by atoms with E-state index in [1.807, 2.05) is 264 Å². The minimum Gasteiger partial charge on any atom is -0.507 e. The summed E-state index contributed by atoms with van der Waals surface area (Å²) in [5.74, 6) is 1.27. The van der Waals surface area contributed by atoms with Crippen LogP contribution in [0.1, 0.15) is 114 Å². The monoisotopic (exact) mass is 1690 g/mol. The first-order valence-corrected chi connectivity index (χ1v) is 49.7. The van der Waals surface area contributed by atoms with Gasteiger partial charge < -0.3 is 47.8 Å². The number of unbranched alkanes of at least 4 members (excludes halogenated alkanes) is 1. The number of benzene rings is 14. The fraction of sp³-hybridized carbons (Fsp3) is 0.168.